The van der Waals surface area contributed by atoms with E-state index in [2.05, 4.69) is 32.7 Å². The number of hydrogen-bond acceptors (Lipinski definition) is 1. The predicted molar refractivity (Wildman–Crippen MR) is 54.3 cm³/mol. The van der Waals surface area contributed by atoms with Gasteiger partial charge in [-0.05, 0) is 44.7 Å². The van der Waals surface area contributed by atoms with Gasteiger partial charge in [-0.2, -0.15) is 0 Å². The summed E-state index contributed by atoms with van der Waals surface area (Å²) in [6.45, 7) is 8.39. The molecule has 0 radical (unpaired) electrons. The van der Waals surface area contributed by atoms with Crippen molar-refractivity contribution in [1.82, 2.24) is 4.90 Å². The van der Waals surface area contributed by atoms with Crippen molar-refractivity contribution in [2.45, 2.75) is 52.5 Å². The van der Waals surface area contributed by atoms with Crippen LogP contribution in [0.5, 0.6) is 0 Å². The van der Waals surface area contributed by atoms with Gasteiger partial charge < -0.3 is 4.90 Å². The molecule has 0 bridgehead atoms. The van der Waals surface area contributed by atoms with Crippen molar-refractivity contribution in [2.75, 3.05) is 13.6 Å². The molecular weight excluding hydrogens is 146 g/mol. The summed E-state index contributed by atoms with van der Waals surface area (Å²) >= 11 is 0. The van der Waals surface area contributed by atoms with E-state index in [-0.39, 0.29) is 0 Å². The molecule has 1 atom stereocenters. The Balaban J connectivity index is 2.53. The smallest absolute Gasteiger partial charge is 0.00897 e. The Kier molecular flexibility index (Phi) is 3.16. The summed E-state index contributed by atoms with van der Waals surface area (Å²) in [4.78, 5) is 2.54. The second-order valence-corrected chi connectivity index (χ2v) is 5.00. The highest BCUT2D eigenvalue weighted by Crippen LogP contribution is 2.32. The van der Waals surface area contributed by atoms with E-state index in [0.717, 1.165) is 6.04 Å². The normalized spacial score (nSPS) is 31.5. The summed E-state index contributed by atoms with van der Waals surface area (Å²) in [6.07, 6.45) is 5.46. The minimum absolute atomic E-state index is 0.582. The van der Waals surface area contributed by atoms with Gasteiger partial charge in [-0.25, -0.2) is 0 Å². The van der Waals surface area contributed by atoms with Crippen molar-refractivity contribution >= 4 is 0 Å². The van der Waals surface area contributed by atoms with Crippen LogP contribution >= 0.6 is 0 Å². The predicted octanol–water partition coefficient (Wildman–Crippen LogP) is 2.91. The first-order valence-electron chi connectivity index (χ1n) is 5.25. The lowest BCUT2D eigenvalue weighted by molar-refractivity contribution is 0.238. The first kappa shape index (κ1) is 10.0. The Morgan fingerprint density at radius 2 is 2.00 bits per heavy atom. The van der Waals surface area contributed by atoms with Crippen molar-refractivity contribution in [1.29, 1.82) is 0 Å². The molecule has 1 saturated heterocycles. The van der Waals surface area contributed by atoms with Gasteiger partial charge in [0.15, 0.2) is 0 Å². The Labute approximate surface area is 77.1 Å². The van der Waals surface area contributed by atoms with Gasteiger partial charge in [0, 0.05) is 6.04 Å². The topological polar surface area (TPSA) is 3.24 Å². The maximum Gasteiger partial charge on any atom is 0.00897 e. The summed E-state index contributed by atoms with van der Waals surface area (Å²) in [5.74, 6) is 0. The van der Waals surface area contributed by atoms with Gasteiger partial charge in [-0.1, -0.05) is 20.8 Å². The minimum Gasteiger partial charge on any atom is -0.303 e. The van der Waals surface area contributed by atoms with E-state index in [4.69, 9.17) is 0 Å². The van der Waals surface area contributed by atoms with E-state index in [1.165, 1.54) is 32.2 Å². The third kappa shape index (κ3) is 2.48. The van der Waals surface area contributed by atoms with E-state index < -0.39 is 0 Å². The minimum atomic E-state index is 0.582. The van der Waals surface area contributed by atoms with Gasteiger partial charge in [0.1, 0.15) is 0 Å². The van der Waals surface area contributed by atoms with E-state index in [0.29, 0.717) is 5.41 Å². The van der Waals surface area contributed by atoms with Gasteiger partial charge >= 0.3 is 0 Å². The third-order valence-electron chi connectivity index (χ3n) is 3.39. The molecule has 0 spiro atoms. The summed E-state index contributed by atoms with van der Waals surface area (Å²) in [5, 5.41) is 0. The Morgan fingerprint density at radius 1 is 1.33 bits per heavy atom. The molecule has 12 heavy (non-hydrogen) atoms. The first-order valence-corrected chi connectivity index (χ1v) is 5.25. The van der Waals surface area contributed by atoms with Gasteiger partial charge in [0.2, 0.25) is 0 Å². The van der Waals surface area contributed by atoms with Gasteiger partial charge in [-0.15, -0.1) is 0 Å². The number of rotatable bonds is 1. The van der Waals surface area contributed by atoms with Crippen molar-refractivity contribution < 1.29 is 0 Å². The molecule has 72 valence electrons. The van der Waals surface area contributed by atoms with Crippen LogP contribution in [0.3, 0.4) is 0 Å². The van der Waals surface area contributed by atoms with E-state index >= 15 is 0 Å². The third-order valence-corrected chi connectivity index (χ3v) is 3.39. The molecule has 1 aliphatic rings. The molecule has 1 fully saturated rings. The highest BCUT2D eigenvalue weighted by Gasteiger charge is 2.26. The van der Waals surface area contributed by atoms with E-state index in [1.807, 2.05) is 0 Å². The zero-order valence-corrected chi connectivity index (χ0v) is 9.06. The highest BCUT2D eigenvalue weighted by atomic mass is 15.1. The van der Waals surface area contributed by atoms with Crippen molar-refractivity contribution in [2.24, 2.45) is 5.41 Å². The van der Waals surface area contributed by atoms with Crippen LogP contribution in [-0.4, -0.2) is 24.5 Å². The molecule has 0 aromatic heterocycles. The number of likely N-dealkylation sites (tertiary alicyclic amines) is 1. The van der Waals surface area contributed by atoms with Gasteiger partial charge in [-0.3, -0.25) is 0 Å². The molecule has 0 amide bonds. The Hall–Kier alpha value is -0.0400. The fourth-order valence-corrected chi connectivity index (χ4v) is 2.08. The molecule has 1 unspecified atom stereocenters. The zero-order chi connectivity index (χ0) is 9.19. The molecule has 1 heterocycles. The maximum absolute atomic E-state index is 2.54. The van der Waals surface area contributed by atoms with Crippen LogP contribution in [0.2, 0.25) is 0 Å². The lowest BCUT2D eigenvalue weighted by atomic mass is 9.84. The van der Waals surface area contributed by atoms with Crippen molar-refractivity contribution in [3.63, 3.8) is 0 Å². The average molecular weight is 169 g/mol. The zero-order valence-electron chi connectivity index (χ0n) is 9.06. The van der Waals surface area contributed by atoms with Crippen molar-refractivity contribution in [3.8, 4) is 0 Å². The molecule has 1 aliphatic heterocycles. The standard InChI is InChI=1S/C11H23N/c1-5-10-6-7-11(2,3)8-9-12(10)4/h10H,5-9H2,1-4H3. The summed E-state index contributed by atoms with van der Waals surface area (Å²) in [7, 11) is 2.27. The largest absolute Gasteiger partial charge is 0.303 e. The van der Waals surface area contributed by atoms with Gasteiger partial charge in [0.05, 0.1) is 0 Å². The fourth-order valence-electron chi connectivity index (χ4n) is 2.08. The SMILES string of the molecule is CCC1CCC(C)(C)CCN1C. The van der Waals surface area contributed by atoms with Crippen LogP contribution < -0.4 is 0 Å². The van der Waals surface area contributed by atoms with Crippen molar-refractivity contribution in [3.05, 3.63) is 0 Å². The van der Waals surface area contributed by atoms with Crippen LogP contribution in [0.4, 0.5) is 0 Å². The van der Waals surface area contributed by atoms with Gasteiger partial charge in [0.25, 0.3) is 0 Å². The lowest BCUT2D eigenvalue weighted by Gasteiger charge is -2.23. The average Bonchev–Trinajstić information content (AvgIpc) is 2.13. The van der Waals surface area contributed by atoms with E-state index in [1.54, 1.807) is 0 Å². The second kappa shape index (κ2) is 3.78. The maximum atomic E-state index is 2.54. The molecule has 0 aromatic rings. The molecule has 1 heteroatoms. The Bertz CT molecular complexity index is 140. The Morgan fingerprint density at radius 3 is 2.58 bits per heavy atom. The van der Waals surface area contributed by atoms with Crippen LogP contribution in [0.25, 0.3) is 0 Å². The first-order chi connectivity index (χ1) is 5.55. The number of nitrogens with zero attached hydrogens (tertiary/aromatic N) is 1. The van der Waals surface area contributed by atoms with Crippen LogP contribution in [0.1, 0.15) is 46.5 Å². The molecule has 1 rings (SSSR count). The molecule has 1 nitrogen and oxygen atoms in total. The summed E-state index contributed by atoms with van der Waals surface area (Å²) < 4.78 is 0. The molecule has 0 saturated carbocycles. The summed E-state index contributed by atoms with van der Waals surface area (Å²) in [5.41, 5.74) is 0.582. The fraction of sp³-hybridized carbons (Fsp3) is 1.00. The highest BCUT2D eigenvalue weighted by molar-refractivity contribution is 4.80. The van der Waals surface area contributed by atoms with Crippen LogP contribution in [-0.2, 0) is 0 Å². The molecule has 0 aliphatic carbocycles. The molecule has 0 N–H and O–H groups in total. The summed E-state index contributed by atoms with van der Waals surface area (Å²) in [6, 6.07) is 0.840. The number of hydrogen-bond donors (Lipinski definition) is 0. The quantitative estimate of drug-likeness (QED) is 0.583. The van der Waals surface area contributed by atoms with Crippen LogP contribution in [0, 0.1) is 5.41 Å². The monoisotopic (exact) mass is 169 g/mol. The van der Waals surface area contributed by atoms with Crippen LogP contribution in [0.15, 0.2) is 0 Å². The molecular formula is C11H23N. The second-order valence-electron chi connectivity index (χ2n) is 5.00. The molecule has 0 aromatic carbocycles. The lowest BCUT2D eigenvalue weighted by Crippen LogP contribution is -2.30. The van der Waals surface area contributed by atoms with E-state index in [9.17, 15) is 0 Å².